The van der Waals surface area contributed by atoms with Crippen molar-refractivity contribution < 1.29 is 23.5 Å². The summed E-state index contributed by atoms with van der Waals surface area (Å²) in [6.07, 6.45) is 0.248. The zero-order valence-electron chi connectivity index (χ0n) is 17.2. The van der Waals surface area contributed by atoms with Gasteiger partial charge in [0.05, 0.1) is 13.0 Å². The Bertz CT molecular complexity index is 1080. The molecule has 2 aromatic carbocycles. The maximum absolute atomic E-state index is 12.5. The number of methoxy groups -OCH3 is 1. The minimum Gasteiger partial charge on any atom is -0.497 e. The first-order valence-corrected chi connectivity index (χ1v) is 9.79. The maximum Gasteiger partial charge on any atom is 0.322 e. The van der Waals surface area contributed by atoms with Gasteiger partial charge in [0.2, 0.25) is 11.8 Å². The van der Waals surface area contributed by atoms with Gasteiger partial charge in [-0.15, -0.1) is 5.10 Å². The Kier molecular flexibility index (Phi) is 5.83. The summed E-state index contributed by atoms with van der Waals surface area (Å²) in [4.78, 5) is 26.3. The molecule has 9 nitrogen and oxygen atoms in total. The molecule has 9 heteroatoms. The highest BCUT2D eigenvalue weighted by molar-refractivity contribution is 5.96. The molecule has 3 aromatic rings. The molecule has 1 fully saturated rings. The quantitative estimate of drug-likeness (QED) is 0.624. The fourth-order valence-electron chi connectivity index (χ4n) is 3.35. The molecular formula is C22H22N4O5. The van der Waals surface area contributed by atoms with Crippen LogP contribution in [0.3, 0.4) is 0 Å². The van der Waals surface area contributed by atoms with Gasteiger partial charge in [-0.25, -0.2) is 0 Å². The van der Waals surface area contributed by atoms with Gasteiger partial charge in [-0.3, -0.25) is 14.9 Å². The first-order valence-electron chi connectivity index (χ1n) is 9.79. The summed E-state index contributed by atoms with van der Waals surface area (Å²) in [6.45, 7) is 2.13. The van der Waals surface area contributed by atoms with Crippen molar-refractivity contribution in [1.82, 2.24) is 10.2 Å². The molecule has 0 unspecified atom stereocenters. The molecule has 2 heterocycles. The van der Waals surface area contributed by atoms with Gasteiger partial charge < -0.3 is 18.8 Å². The molecule has 1 aliphatic heterocycles. The van der Waals surface area contributed by atoms with Gasteiger partial charge in [0.15, 0.2) is 6.61 Å². The van der Waals surface area contributed by atoms with Crippen molar-refractivity contribution in [2.75, 3.05) is 30.5 Å². The summed E-state index contributed by atoms with van der Waals surface area (Å²) in [5.74, 6) is 0.949. The SMILES string of the molecule is COc1ccc(N2C[C@@H](c3nnc(NC(=O)COc4ccccc4C)o3)CC2=O)cc1. The molecule has 4 rings (SSSR count). The van der Waals surface area contributed by atoms with Crippen molar-refractivity contribution in [2.45, 2.75) is 19.3 Å². The summed E-state index contributed by atoms with van der Waals surface area (Å²) < 4.78 is 16.2. The topological polar surface area (TPSA) is 107 Å². The van der Waals surface area contributed by atoms with Gasteiger partial charge in [0.25, 0.3) is 5.91 Å². The Labute approximate surface area is 179 Å². The fraction of sp³-hybridized carbons (Fsp3) is 0.273. The molecule has 0 aliphatic carbocycles. The summed E-state index contributed by atoms with van der Waals surface area (Å²) in [5.41, 5.74) is 1.71. The Hall–Kier alpha value is -3.88. The molecule has 0 bridgehead atoms. The van der Waals surface area contributed by atoms with E-state index < -0.39 is 5.91 Å². The van der Waals surface area contributed by atoms with E-state index in [-0.39, 0.29) is 30.9 Å². The van der Waals surface area contributed by atoms with E-state index in [1.165, 1.54) is 0 Å². The smallest absolute Gasteiger partial charge is 0.322 e. The Morgan fingerprint density at radius 1 is 1.19 bits per heavy atom. The third-order valence-electron chi connectivity index (χ3n) is 5.00. The van der Waals surface area contributed by atoms with Crippen LogP contribution in [0.25, 0.3) is 0 Å². The van der Waals surface area contributed by atoms with Crippen molar-refractivity contribution in [1.29, 1.82) is 0 Å². The number of nitrogens with zero attached hydrogens (tertiary/aromatic N) is 3. The monoisotopic (exact) mass is 422 g/mol. The van der Waals surface area contributed by atoms with E-state index in [0.717, 1.165) is 17.0 Å². The Morgan fingerprint density at radius 3 is 2.71 bits per heavy atom. The first kappa shape index (κ1) is 20.4. The molecule has 1 aromatic heterocycles. The number of aryl methyl sites for hydroxylation is 1. The van der Waals surface area contributed by atoms with Crippen molar-refractivity contribution in [2.24, 2.45) is 0 Å². The third kappa shape index (κ3) is 4.66. The van der Waals surface area contributed by atoms with Gasteiger partial charge in [-0.2, -0.15) is 0 Å². The van der Waals surface area contributed by atoms with E-state index >= 15 is 0 Å². The lowest BCUT2D eigenvalue weighted by molar-refractivity contribution is -0.118. The molecule has 1 N–H and O–H groups in total. The number of benzene rings is 2. The Morgan fingerprint density at radius 2 is 1.97 bits per heavy atom. The maximum atomic E-state index is 12.5. The van der Waals surface area contributed by atoms with Crippen LogP contribution in [-0.2, 0) is 9.59 Å². The lowest BCUT2D eigenvalue weighted by Gasteiger charge is -2.16. The van der Waals surface area contributed by atoms with Crippen molar-refractivity contribution in [3.63, 3.8) is 0 Å². The highest BCUT2D eigenvalue weighted by atomic mass is 16.5. The van der Waals surface area contributed by atoms with Crippen molar-refractivity contribution >= 4 is 23.5 Å². The minimum absolute atomic E-state index is 0.0243. The highest BCUT2D eigenvalue weighted by Crippen LogP contribution is 2.32. The zero-order valence-corrected chi connectivity index (χ0v) is 17.2. The standard InChI is InChI=1S/C22H22N4O5/c1-14-5-3-4-6-18(14)30-13-19(27)23-22-25-24-21(31-22)15-11-20(28)26(12-15)16-7-9-17(29-2)10-8-16/h3-10,15H,11-13H2,1-2H3,(H,23,25,27)/t15-/m0/s1. The van der Waals surface area contributed by atoms with E-state index in [1.54, 1.807) is 30.2 Å². The van der Waals surface area contributed by atoms with Crippen molar-refractivity contribution in [3.05, 3.63) is 60.0 Å². The molecule has 1 atom stereocenters. The van der Waals surface area contributed by atoms with Crippen LogP contribution in [0.5, 0.6) is 11.5 Å². The van der Waals surface area contributed by atoms with Crippen LogP contribution in [0.15, 0.2) is 52.9 Å². The third-order valence-corrected chi connectivity index (χ3v) is 5.00. The number of carbonyl (C=O) groups excluding carboxylic acids is 2. The van der Waals surface area contributed by atoms with E-state index in [9.17, 15) is 9.59 Å². The van der Waals surface area contributed by atoms with E-state index in [2.05, 4.69) is 15.5 Å². The number of carbonyl (C=O) groups is 2. The number of rotatable bonds is 7. The number of amides is 2. The number of anilines is 2. The predicted molar refractivity (Wildman–Crippen MR) is 112 cm³/mol. The zero-order chi connectivity index (χ0) is 21.8. The second-order valence-corrected chi connectivity index (χ2v) is 7.15. The van der Waals surface area contributed by atoms with Crippen LogP contribution in [0.2, 0.25) is 0 Å². The number of nitrogens with one attached hydrogen (secondary N) is 1. The summed E-state index contributed by atoms with van der Waals surface area (Å²) in [5, 5.41) is 10.4. The highest BCUT2D eigenvalue weighted by Gasteiger charge is 2.35. The molecule has 0 radical (unpaired) electrons. The van der Waals surface area contributed by atoms with Crippen molar-refractivity contribution in [3.8, 4) is 11.5 Å². The fourth-order valence-corrected chi connectivity index (χ4v) is 3.35. The van der Waals surface area contributed by atoms with Crippen LogP contribution < -0.4 is 19.7 Å². The summed E-state index contributed by atoms with van der Waals surface area (Å²) in [6, 6.07) is 14.7. The molecule has 0 saturated carbocycles. The summed E-state index contributed by atoms with van der Waals surface area (Å²) >= 11 is 0. The second kappa shape index (κ2) is 8.86. The second-order valence-electron chi connectivity index (χ2n) is 7.15. The molecule has 1 saturated heterocycles. The molecular weight excluding hydrogens is 400 g/mol. The minimum atomic E-state index is -0.416. The molecule has 2 amide bonds. The molecule has 1 aliphatic rings. The number of hydrogen-bond donors (Lipinski definition) is 1. The van der Waals surface area contributed by atoms with Gasteiger partial charge in [0.1, 0.15) is 11.5 Å². The van der Waals surface area contributed by atoms with Gasteiger partial charge in [-0.05, 0) is 42.8 Å². The average Bonchev–Trinajstić information content (AvgIpc) is 3.40. The largest absolute Gasteiger partial charge is 0.497 e. The number of para-hydroxylation sites is 1. The van der Waals surface area contributed by atoms with Crippen LogP contribution in [0.4, 0.5) is 11.7 Å². The van der Waals surface area contributed by atoms with Crippen LogP contribution in [0.1, 0.15) is 23.8 Å². The van der Waals surface area contributed by atoms with Gasteiger partial charge in [-0.1, -0.05) is 23.3 Å². The number of ether oxygens (including phenoxy) is 2. The predicted octanol–water partition coefficient (Wildman–Crippen LogP) is 2.92. The number of aromatic nitrogens is 2. The first-order chi connectivity index (χ1) is 15.0. The average molecular weight is 422 g/mol. The molecule has 0 spiro atoms. The molecule has 31 heavy (non-hydrogen) atoms. The lowest BCUT2D eigenvalue weighted by atomic mass is 10.1. The van der Waals surface area contributed by atoms with Crippen LogP contribution >= 0.6 is 0 Å². The van der Waals surface area contributed by atoms with Gasteiger partial charge >= 0.3 is 6.01 Å². The van der Waals surface area contributed by atoms with E-state index in [0.29, 0.717) is 18.2 Å². The van der Waals surface area contributed by atoms with E-state index in [4.69, 9.17) is 13.9 Å². The normalized spacial score (nSPS) is 15.7. The Balaban J connectivity index is 1.34. The van der Waals surface area contributed by atoms with E-state index in [1.807, 2.05) is 37.3 Å². The van der Waals surface area contributed by atoms with Crippen LogP contribution in [-0.4, -0.2) is 42.3 Å². The molecule has 160 valence electrons. The number of hydrogen-bond acceptors (Lipinski definition) is 7. The lowest BCUT2D eigenvalue weighted by Crippen LogP contribution is -2.24. The van der Waals surface area contributed by atoms with Crippen LogP contribution in [0, 0.1) is 6.92 Å². The summed E-state index contributed by atoms with van der Waals surface area (Å²) in [7, 11) is 1.59. The van der Waals surface area contributed by atoms with Gasteiger partial charge in [0, 0.05) is 18.7 Å².